The van der Waals surface area contributed by atoms with Gasteiger partial charge in [0.05, 0.1) is 6.42 Å². The molecule has 2 nitrogen and oxygen atoms in total. The predicted octanol–water partition coefficient (Wildman–Crippen LogP) is 5.04. The second kappa shape index (κ2) is 5.88. The Morgan fingerprint density at radius 1 is 1.19 bits per heavy atom. The summed E-state index contributed by atoms with van der Waals surface area (Å²) < 4.78 is 1.17. The molecule has 1 heterocycles. The fourth-order valence-corrected chi connectivity index (χ4v) is 3.65. The topological polar surface area (TPSA) is 29.1 Å². The van der Waals surface area contributed by atoms with Gasteiger partial charge in [0.25, 0.3) is 0 Å². The van der Waals surface area contributed by atoms with Gasteiger partial charge in [0.1, 0.15) is 0 Å². The van der Waals surface area contributed by atoms with E-state index in [2.05, 4.69) is 5.32 Å². The van der Waals surface area contributed by atoms with Crippen LogP contribution in [0.4, 0.5) is 5.69 Å². The number of benzene rings is 2. The zero-order valence-corrected chi connectivity index (χ0v) is 13.1. The lowest BCUT2D eigenvalue weighted by molar-refractivity contribution is -0.115. The number of aryl methyl sites for hydroxylation is 1. The molecule has 2 aromatic carbocycles. The van der Waals surface area contributed by atoms with Crippen LogP contribution < -0.4 is 5.32 Å². The Morgan fingerprint density at radius 3 is 2.71 bits per heavy atom. The number of hydrogen-bond acceptors (Lipinski definition) is 2. The van der Waals surface area contributed by atoms with Crippen molar-refractivity contribution >= 4 is 44.6 Å². The van der Waals surface area contributed by atoms with Crippen molar-refractivity contribution in [1.82, 2.24) is 0 Å². The minimum Gasteiger partial charge on any atom is -0.326 e. The van der Waals surface area contributed by atoms with E-state index in [1.807, 2.05) is 55.5 Å². The maximum Gasteiger partial charge on any atom is 0.229 e. The Morgan fingerprint density at radius 2 is 1.95 bits per heavy atom. The van der Waals surface area contributed by atoms with Crippen molar-refractivity contribution in [2.24, 2.45) is 0 Å². The zero-order chi connectivity index (χ0) is 14.8. The lowest BCUT2D eigenvalue weighted by atomic mass is 10.1. The van der Waals surface area contributed by atoms with E-state index in [4.69, 9.17) is 11.6 Å². The van der Waals surface area contributed by atoms with Gasteiger partial charge >= 0.3 is 0 Å². The van der Waals surface area contributed by atoms with E-state index in [1.54, 1.807) is 11.3 Å². The number of carbonyl (C=O) groups excluding carboxylic acids is 1. The van der Waals surface area contributed by atoms with Crippen molar-refractivity contribution in [3.8, 4) is 0 Å². The molecule has 1 amide bonds. The molecule has 0 aliphatic carbocycles. The first-order chi connectivity index (χ1) is 10.1. The van der Waals surface area contributed by atoms with E-state index >= 15 is 0 Å². The molecule has 0 saturated heterocycles. The summed E-state index contributed by atoms with van der Waals surface area (Å²) in [5, 5.41) is 4.77. The molecule has 3 rings (SSSR count). The van der Waals surface area contributed by atoms with Crippen LogP contribution in [0.2, 0.25) is 5.02 Å². The third kappa shape index (κ3) is 3.09. The van der Waals surface area contributed by atoms with Crippen LogP contribution in [0.25, 0.3) is 10.1 Å². The lowest BCUT2D eigenvalue weighted by Crippen LogP contribution is -2.13. The van der Waals surface area contributed by atoms with E-state index in [9.17, 15) is 4.79 Å². The number of thiophene rings is 1. The van der Waals surface area contributed by atoms with Crippen molar-refractivity contribution in [3.05, 3.63) is 64.0 Å². The molecule has 0 unspecified atom stereocenters. The number of hydrogen-bond donors (Lipinski definition) is 1. The van der Waals surface area contributed by atoms with Crippen molar-refractivity contribution in [3.63, 3.8) is 0 Å². The zero-order valence-electron chi connectivity index (χ0n) is 11.5. The minimum absolute atomic E-state index is 0.00181. The maximum absolute atomic E-state index is 12.1. The molecule has 21 heavy (non-hydrogen) atoms. The highest BCUT2D eigenvalue weighted by Crippen LogP contribution is 2.33. The molecule has 0 fully saturated rings. The van der Waals surface area contributed by atoms with Gasteiger partial charge in [-0.15, -0.1) is 11.3 Å². The number of halogens is 1. The van der Waals surface area contributed by atoms with Gasteiger partial charge in [0, 0.05) is 20.3 Å². The fraction of sp³-hybridized carbons (Fsp3) is 0.118. The number of fused-ring (bicyclic) bond motifs is 1. The van der Waals surface area contributed by atoms with Gasteiger partial charge in [-0.1, -0.05) is 29.8 Å². The smallest absolute Gasteiger partial charge is 0.229 e. The molecule has 4 heteroatoms. The van der Waals surface area contributed by atoms with Gasteiger partial charge in [0.15, 0.2) is 0 Å². The first kappa shape index (κ1) is 14.1. The Balaban J connectivity index is 1.81. The van der Waals surface area contributed by atoms with Crippen molar-refractivity contribution in [1.29, 1.82) is 0 Å². The summed E-state index contributed by atoms with van der Waals surface area (Å²) in [5.41, 5.74) is 1.96. The van der Waals surface area contributed by atoms with Gasteiger partial charge in [-0.3, -0.25) is 4.79 Å². The first-order valence-electron chi connectivity index (χ1n) is 6.66. The van der Waals surface area contributed by atoms with Crippen LogP contribution in [0.15, 0.2) is 48.5 Å². The molecule has 1 aromatic heterocycles. The Labute approximate surface area is 132 Å². The monoisotopic (exact) mass is 315 g/mol. The predicted molar refractivity (Wildman–Crippen MR) is 90.3 cm³/mol. The van der Waals surface area contributed by atoms with Gasteiger partial charge in [-0.05, 0) is 48.2 Å². The normalized spacial score (nSPS) is 10.8. The van der Waals surface area contributed by atoms with E-state index in [-0.39, 0.29) is 5.91 Å². The molecule has 0 radical (unpaired) electrons. The second-order valence-electron chi connectivity index (χ2n) is 4.88. The Hall–Kier alpha value is -1.84. The summed E-state index contributed by atoms with van der Waals surface area (Å²) in [6.45, 7) is 2.04. The third-order valence-corrected chi connectivity index (χ3v) is 4.88. The molecule has 0 spiro atoms. The van der Waals surface area contributed by atoms with E-state index in [1.165, 1.54) is 4.70 Å². The summed E-state index contributed by atoms with van der Waals surface area (Å²) in [5.74, 6) is 0.00181. The van der Waals surface area contributed by atoms with Gasteiger partial charge in [0.2, 0.25) is 5.91 Å². The van der Waals surface area contributed by atoms with Crippen LogP contribution in [0.3, 0.4) is 0 Å². The quantitative estimate of drug-likeness (QED) is 0.720. The molecular weight excluding hydrogens is 302 g/mol. The number of carbonyl (C=O) groups is 1. The van der Waals surface area contributed by atoms with E-state index in [0.29, 0.717) is 6.42 Å². The highest BCUT2D eigenvalue weighted by atomic mass is 35.5. The van der Waals surface area contributed by atoms with Gasteiger partial charge < -0.3 is 5.32 Å². The van der Waals surface area contributed by atoms with E-state index in [0.717, 1.165) is 26.5 Å². The van der Waals surface area contributed by atoms with Crippen molar-refractivity contribution in [2.75, 3.05) is 5.32 Å². The van der Waals surface area contributed by atoms with Crippen LogP contribution >= 0.6 is 22.9 Å². The van der Waals surface area contributed by atoms with Crippen LogP contribution in [-0.4, -0.2) is 5.91 Å². The summed E-state index contributed by atoms with van der Waals surface area (Å²) in [7, 11) is 0. The van der Waals surface area contributed by atoms with E-state index < -0.39 is 0 Å². The third-order valence-electron chi connectivity index (χ3n) is 3.38. The van der Waals surface area contributed by atoms with Crippen LogP contribution in [0.5, 0.6) is 0 Å². The molecule has 0 saturated carbocycles. The van der Waals surface area contributed by atoms with Crippen molar-refractivity contribution < 1.29 is 4.79 Å². The molecular formula is C17H14ClNOS. The molecule has 0 aliphatic heterocycles. The molecule has 3 aromatic rings. The standard InChI is InChI=1S/C17H14ClNOS/c1-11-14-9-12(18)7-8-15(14)21-16(11)10-17(20)19-13-5-3-2-4-6-13/h2-9H,10H2,1H3,(H,19,20). The number of nitrogens with one attached hydrogen (secondary N) is 1. The summed E-state index contributed by atoms with van der Waals surface area (Å²) >= 11 is 7.69. The summed E-state index contributed by atoms with van der Waals surface area (Å²) in [6, 6.07) is 15.4. The average molecular weight is 316 g/mol. The average Bonchev–Trinajstić information content (AvgIpc) is 2.76. The maximum atomic E-state index is 12.1. The Bertz CT molecular complexity index is 795. The highest BCUT2D eigenvalue weighted by molar-refractivity contribution is 7.19. The minimum atomic E-state index is 0.00181. The molecule has 1 N–H and O–H groups in total. The Kier molecular flexibility index (Phi) is 3.95. The number of rotatable bonds is 3. The van der Waals surface area contributed by atoms with Crippen LogP contribution in [0, 0.1) is 6.92 Å². The SMILES string of the molecule is Cc1c(CC(=O)Nc2ccccc2)sc2ccc(Cl)cc12. The molecule has 0 atom stereocenters. The largest absolute Gasteiger partial charge is 0.326 e. The lowest BCUT2D eigenvalue weighted by Gasteiger charge is -2.04. The van der Waals surface area contributed by atoms with Crippen molar-refractivity contribution in [2.45, 2.75) is 13.3 Å². The van der Waals surface area contributed by atoms with Crippen LogP contribution in [0.1, 0.15) is 10.4 Å². The number of anilines is 1. The number of amides is 1. The van der Waals surface area contributed by atoms with Gasteiger partial charge in [-0.2, -0.15) is 0 Å². The number of para-hydroxylation sites is 1. The molecule has 0 aliphatic rings. The molecule has 106 valence electrons. The summed E-state index contributed by atoms with van der Waals surface area (Å²) in [6.07, 6.45) is 0.387. The summed E-state index contributed by atoms with van der Waals surface area (Å²) in [4.78, 5) is 13.2. The van der Waals surface area contributed by atoms with Crippen LogP contribution in [-0.2, 0) is 11.2 Å². The fourth-order valence-electron chi connectivity index (χ4n) is 2.28. The second-order valence-corrected chi connectivity index (χ2v) is 6.45. The first-order valence-corrected chi connectivity index (χ1v) is 7.85. The van der Waals surface area contributed by atoms with Gasteiger partial charge in [-0.25, -0.2) is 0 Å². The molecule has 0 bridgehead atoms. The highest BCUT2D eigenvalue weighted by Gasteiger charge is 2.12.